The Kier molecular flexibility index (Phi) is 5.83. The number of nitrogens with zero attached hydrogens (tertiary/aromatic N) is 4. The van der Waals surface area contributed by atoms with Gasteiger partial charge in [0, 0.05) is 42.3 Å². The normalized spacial score (nSPS) is 13.5. The van der Waals surface area contributed by atoms with E-state index in [0.717, 1.165) is 12.1 Å². The SMILES string of the molecule is COCCn1cc(N2Cc3c(ccnc3-c3ccc(F)cc3OCC(F)(F)F)C2=O)cn1. The number of hydrogen-bond donors (Lipinski definition) is 0. The number of pyridine rings is 1. The molecule has 0 N–H and O–H groups in total. The van der Waals surface area contributed by atoms with Crippen LogP contribution in [-0.4, -0.2) is 47.2 Å². The van der Waals surface area contributed by atoms with Crippen LogP contribution < -0.4 is 9.64 Å². The van der Waals surface area contributed by atoms with E-state index in [4.69, 9.17) is 9.47 Å². The second kappa shape index (κ2) is 8.58. The minimum atomic E-state index is -4.59. The van der Waals surface area contributed by atoms with Crippen LogP contribution in [0, 0.1) is 5.82 Å². The van der Waals surface area contributed by atoms with E-state index in [-0.39, 0.29) is 29.5 Å². The van der Waals surface area contributed by atoms with Crippen LogP contribution in [0.3, 0.4) is 0 Å². The first-order valence-electron chi connectivity index (χ1n) is 9.57. The number of benzene rings is 1. The summed E-state index contributed by atoms with van der Waals surface area (Å²) in [5.74, 6) is -1.35. The highest BCUT2D eigenvalue weighted by molar-refractivity contribution is 6.11. The second-order valence-corrected chi connectivity index (χ2v) is 7.08. The largest absolute Gasteiger partial charge is 0.483 e. The maximum atomic E-state index is 13.7. The Morgan fingerprint density at radius 2 is 2.00 bits per heavy atom. The van der Waals surface area contributed by atoms with Crippen LogP contribution in [0.25, 0.3) is 11.3 Å². The number of rotatable bonds is 7. The Balaban J connectivity index is 1.67. The summed E-state index contributed by atoms with van der Waals surface area (Å²) in [4.78, 5) is 18.8. The van der Waals surface area contributed by atoms with Gasteiger partial charge in [-0.05, 0) is 18.2 Å². The van der Waals surface area contributed by atoms with Gasteiger partial charge in [0.2, 0.25) is 0 Å². The summed E-state index contributed by atoms with van der Waals surface area (Å²) in [6.07, 6.45) is 0.0356. The lowest BCUT2D eigenvalue weighted by Gasteiger charge is -2.15. The van der Waals surface area contributed by atoms with Crippen molar-refractivity contribution in [1.29, 1.82) is 0 Å². The maximum absolute atomic E-state index is 13.7. The molecule has 1 aliphatic heterocycles. The fourth-order valence-corrected chi connectivity index (χ4v) is 3.44. The fourth-order valence-electron chi connectivity index (χ4n) is 3.44. The molecule has 2 aromatic heterocycles. The predicted molar refractivity (Wildman–Crippen MR) is 106 cm³/mol. The molecular formula is C21H18F4N4O3. The number of fused-ring (bicyclic) bond motifs is 1. The van der Waals surface area contributed by atoms with E-state index in [1.54, 1.807) is 24.2 Å². The van der Waals surface area contributed by atoms with Crippen LogP contribution in [-0.2, 0) is 17.8 Å². The highest BCUT2D eigenvalue weighted by Gasteiger charge is 2.33. The highest BCUT2D eigenvalue weighted by Crippen LogP contribution is 2.38. The summed E-state index contributed by atoms with van der Waals surface area (Å²) < 4.78 is 63.2. The number of aromatic nitrogens is 3. The van der Waals surface area contributed by atoms with Gasteiger partial charge in [-0.1, -0.05) is 0 Å². The molecule has 3 aromatic rings. The van der Waals surface area contributed by atoms with Gasteiger partial charge in [-0.15, -0.1) is 0 Å². The summed E-state index contributed by atoms with van der Waals surface area (Å²) in [5.41, 5.74) is 1.83. The third-order valence-electron chi connectivity index (χ3n) is 4.89. The highest BCUT2D eigenvalue weighted by atomic mass is 19.4. The molecule has 0 saturated heterocycles. The van der Waals surface area contributed by atoms with Gasteiger partial charge < -0.3 is 14.4 Å². The molecule has 7 nitrogen and oxygen atoms in total. The lowest BCUT2D eigenvalue weighted by atomic mass is 10.0. The molecular weight excluding hydrogens is 432 g/mol. The Morgan fingerprint density at radius 1 is 1.19 bits per heavy atom. The molecule has 32 heavy (non-hydrogen) atoms. The van der Waals surface area contributed by atoms with Crippen molar-refractivity contribution >= 4 is 11.6 Å². The van der Waals surface area contributed by atoms with Crippen LogP contribution in [0.1, 0.15) is 15.9 Å². The summed E-state index contributed by atoms with van der Waals surface area (Å²) >= 11 is 0. The number of carbonyl (C=O) groups is 1. The van der Waals surface area contributed by atoms with Gasteiger partial charge in [-0.2, -0.15) is 18.3 Å². The number of ether oxygens (including phenoxy) is 2. The van der Waals surface area contributed by atoms with Crippen molar-refractivity contribution in [2.24, 2.45) is 0 Å². The van der Waals surface area contributed by atoms with E-state index >= 15 is 0 Å². The number of halogens is 4. The molecule has 0 aliphatic carbocycles. The zero-order valence-electron chi connectivity index (χ0n) is 16.9. The van der Waals surface area contributed by atoms with Crippen molar-refractivity contribution in [3.63, 3.8) is 0 Å². The predicted octanol–water partition coefficient (Wildman–Crippen LogP) is 3.83. The fraction of sp³-hybridized carbons (Fsp3) is 0.286. The van der Waals surface area contributed by atoms with Gasteiger partial charge in [-0.3, -0.25) is 14.5 Å². The first-order chi connectivity index (χ1) is 15.3. The monoisotopic (exact) mass is 450 g/mol. The van der Waals surface area contributed by atoms with E-state index in [2.05, 4.69) is 10.1 Å². The molecule has 0 fully saturated rings. The standard InChI is InChI=1S/C21H18F4N4O3/c1-31-7-6-28-10-14(9-27-28)29-11-17-15(20(29)30)4-5-26-19(17)16-3-2-13(22)8-18(16)32-12-21(23,24)25/h2-5,8-10H,6-7,11-12H2,1H3. The van der Waals surface area contributed by atoms with Gasteiger partial charge in [0.25, 0.3) is 5.91 Å². The van der Waals surface area contributed by atoms with Crippen LogP contribution in [0.4, 0.5) is 23.2 Å². The number of alkyl halides is 3. The van der Waals surface area contributed by atoms with Gasteiger partial charge in [0.15, 0.2) is 6.61 Å². The molecule has 0 saturated carbocycles. The first kappa shape index (κ1) is 21.8. The Bertz CT molecular complexity index is 1150. The molecule has 0 radical (unpaired) electrons. The minimum Gasteiger partial charge on any atom is -0.483 e. The molecule has 1 aliphatic rings. The van der Waals surface area contributed by atoms with Crippen molar-refractivity contribution in [2.75, 3.05) is 25.2 Å². The van der Waals surface area contributed by atoms with E-state index in [0.29, 0.717) is 30.0 Å². The summed E-state index contributed by atoms with van der Waals surface area (Å²) in [6.45, 7) is -0.490. The zero-order chi connectivity index (χ0) is 22.9. The van der Waals surface area contributed by atoms with Crippen molar-refractivity contribution < 1.29 is 31.8 Å². The third-order valence-corrected chi connectivity index (χ3v) is 4.89. The van der Waals surface area contributed by atoms with Crippen LogP contribution in [0.2, 0.25) is 0 Å². The number of methoxy groups -OCH3 is 1. The minimum absolute atomic E-state index is 0.128. The summed E-state index contributed by atoms with van der Waals surface area (Å²) in [6, 6.07) is 4.80. The summed E-state index contributed by atoms with van der Waals surface area (Å²) in [5, 5.41) is 4.21. The van der Waals surface area contributed by atoms with E-state index < -0.39 is 18.6 Å². The molecule has 168 valence electrons. The number of hydrogen-bond acceptors (Lipinski definition) is 5. The summed E-state index contributed by atoms with van der Waals surface area (Å²) in [7, 11) is 1.57. The Morgan fingerprint density at radius 3 is 2.75 bits per heavy atom. The lowest BCUT2D eigenvalue weighted by molar-refractivity contribution is -0.153. The molecule has 1 amide bonds. The van der Waals surface area contributed by atoms with Gasteiger partial charge in [0.1, 0.15) is 11.6 Å². The molecule has 0 bridgehead atoms. The van der Waals surface area contributed by atoms with Crippen molar-refractivity contribution in [2.45, 2.75) is 19.3 Å². The molecule has 1 aromatic carbocycles. The maximum Gasteiger partial charge on any atom is 0.422 e. The molecule has 0 spiro atoms. The number of carbonyl (C=O) groups excluding carboxylic acids is 1. The third kappa shape index (κ3) is 4.42. The topological polar surface area (TPSA) is 69.5 Å². The van der Waals surface area contributed by atoms with Crippen LogP contribution in [0.5, 0.6) is 5.75 Å². The van der Waals surface area contributed by atoms with E-state index in [1.165, 1.54) is 23.2 Å². The van der Waals surface area contributed by atoms with Gasteiger partial charge in [0.05, 0.1) is 37.3 Å². The number of amides is 1. The van der Waals surface area contributed by atoms with Crippen LogP contribution >= 0.6 is 0 Å². The molecule has 11 heteroatoms. The molecule has 0 atom stereocenters. The van der Waals surface area contributed by atoms with Crippen molar-refractivity contribution in [3.05, 3.63) is 59.8 Å². The average molecular weight is 450 g/mol. The number of anilines is 1. The smallest absolute Gasteiger partial charge is 0.422 e. The van der Waals surface area contributed by atoms with Gasteiger partial charge in [-0.25, -0.2) is 4.39 Å². The quantitative estimate of drug-likeness (QED) is 0.512. The molecule has 3 heterocycles. The van der Waals surface area contributed by atoms with Gasteiger partial charge >= 0.3 is 6.18 Å². The average Bonchev–Trinajstić information content (AvgIpc) is 3.35. The molecule has 0 unspecified atom stereocenters. The van der Waals surface area contributed by atoms with Crippen molar-refractivity contribution in [1.82, 2.24) is 14.8 Å². The second-order valence-electron chi connectivity index (χ2n) is 7.08. The van der Waals surface area contributed by atoms with Crippen LogP contribution in [0.15, 0.2) is 42.9 Å². The zero-order valence-corrected chi connectivity index (χ0v) is 16.9. The Labute approximate surface area is 180 Å². The molecule has 4 rings (SSSR count). The van der Waals surface area contributed by atoms with E-state index in [1.807, 2.05) is 0 Å². The lowest BCUT2D eigenvalue weighted by Crippen LogP contribution is -2.22. The first-order valence-corrected chi connectivity index (χ1v) is 9.57. The van der Waals surface area contributed by atoms with E-state index in [9.17, 15) is 22.4 Å². The van der Waals surface area contributed by atoms with Crippen molar-refractivity contribution in [3.8, 4) is 17.0 Å². The Hall–Kier alpha value is -3.47.